The average Bonchev–Trinajstić information content (AvgIpc) is 2.88. The van der Waals surface area contributed by atoms with Crippen molar-refractivity contribution in [1.29, 1.82) is 0 Å². The molecular weight excluding hydrogens is 464 g/mol. The normalized spacial score (nSPS) is 16.1. The minimum atomic E-state index is -3.63. The van der Waals surface area contributed by atoms with E-state index in [1.807, 2.05) is 60.7 Å². The summed E-state index contributed by atoms with van der Waals surface area (Å²) in [5.41, 5.74) is 0.930. The fourth-order valence-corrected chi connectivity index (χ4v) is 5.95. The highest BCUT2D eigenvalue weighted by Gasteiger charge is 2.33. The maximum Gasteiger partial charge on any atom is 0.376 e. The summed E-state index contributed by atoms with van der Waals surface area (Å²) in [4.78, 5) is 25.2. The molecule has 8 heteroatoms. The standard InChI is InChI=1S/C27H30N2O5S/c1-2-34-27(31)26(30)25(18-20-8-4-3-5-9-20)28-23-14-16-29(17-15-23)35(32,33)24-13-12-21-10-6-7-11-22(21)19-24/h3-13,19,23,25,28H,2,14-18H2,1H3. The van der Waals surface area contributed by atoms with E-state index in [1.165, 1.54) is 4.31 Å². The van der Waals surface area contributed by atoms with Gasteiger partial charge in [0, 0.05) is 19.1 Å². The van der Waals surface area contributed by atoms with Crippen molar-refractivity contribution in [2.24, 2.45) is 0 Å². The van der Waals surface area contributed by atoms with Gasteiger partial charge in [-0.3, -0.25) is 4.79 Å². The highest BCUT2D eigenvalue weighted by Crippen LogP contribution is 2.25. The highest BCUT2D eigenvalue weighted by molar-refractivity contribution is 7.89. The predicted octanol–water partition coefficient (Wildman–Crippen LogP) is 3.33. The van der Waals surface area contributed by atoms with Crippen molar-refractivity contribution in [3.63, 3.8) is 0 Å². The predicted molar refractivity (Wildman–Crippen MR) is 134 cm³/mol. The maximum absolute atomic E-state index is 13.3. The van der Waals surface area contributed by atoms with Gasteiger partial charge in [0.2, 0.25) is 10.0 Å². The van der Waals surface area contributed by atoms with Crippen LogP contribution in [0, 0.1) is 0 Å². The lowest BCUT2D eigenvalue weighted by Gasteiger charge is -2.33. The fourth-order valence-electron chi connectivity index (χ4n) is 4.45. The van der Waals surface area contributed by atoms with Gasteiger partial charge in [-0.15, -0.1) is 0 Å². The van der Waals surface area contributed by atoms with Crippen LogP contribution in [0.4, 0.5) is 0 Å². The lowest BCUT2D eigenvalue weighted by Crippen LogP contribution is -2.52. The monoisotopic (exact) mass is 494 g/mol. The molecule has 4 rings (SSSR count). The minimum absolute atomic E-state index is 0.0925. The van der Waals surface area contributed by atoms with Crippen LogP contribution in [0.1, 0.15) is 25.3 Å². The van der Waals surface area contributed by atoms with E-state index in [0.717, 1.165) is 16.3 Å². The van der Waals surface area contributed by atoms with Gasteiger partial charge >= 0.3 is 5.97 Å². The van der Waals surface area contributed by atoms with Gasteiger partial charge in [0.05, 0.1) is 17.5 Å². The molecule has 1 fully saturated rings. The topological polar surface area (TPSA) is 92.8 Å². The molecule has 0 amide bonds. The van der Waals surface area contributed by atoms with Crippen LogP contribution in [0.25, 0.3) is 10.8 Å². The first kappa shape index (κ1) is 25.0. The first-order valence-corrected chi connectivity index (χ1v) is 13.3. The number of carbonyl (C=O) groups is 2. The summed E-state index contributed by atoms with van der Waals surface area (Å²) in [7, 11) is -3.63. The van der Waals surface area contributed by atoms with E-state index in [4.69, 9.17) is 4.74 Å². The second-order valence-corrected chi connectivity index (χ2v) is 10.6. The van der Waals surface area contributed by atoms with Crippen LogP contribution in [-0.4, -0.2) is 56.3 Å². The summed E-state index contributed by atoms with van der Waals surface area (Å²) in [6.07, 6.45) is 1.43. The molecule has 0 aromatic heterocycles. The summed E-state index contributed by atoms with van der Waals surface area (Å²) in [6.45, 7) is 2.46. The Morgan fingerprint density at radius 1 is 0.971 bits per heavy atom. The molecule has 35 heavy (non-hydrogen) atoms. The van der Waals surface area contributed by atoms with E-state index < -0.39 is 27.8 Å². The largest absolute Gasteiger partial charge is 0.460 e. The third kappa shape index (κ3) is 5.96. The molecule has 184 valence electrons. The Kier molecular flexibility index (Phi) is 7.95. The molecule has 1 aliphatic heterocycles. The number of rotatable bonds is 9. The molecule has 3 aromatic rings. The summed E-state index contributed by atoms with van der Waals surface area (Å²) >= 11 is 0. The van der Waals surface area contributed by atoms with Crippen LogP contribution in [-0.2, 0) is 30.8 Å². The van der Waals surface area contributed by atoms with Crippen molar-refractivity contribution in [2.75, 3.05) is 19.7 Å². The van der Waals surface area contributed by atoms with Crippen LogP contribution >= 0.6 is 0 Å². The Morgan fingerprint density at radius 2 is 1.63 bits per heavy atom. The second-order valence-electron chi connectivity index (χ2n) is 8.68. The number of ether oxygens (including phenoxy) is 1. The van der Waals surface area contributed by atoms with E-state index in [2.05, 4.69) is 5.32 Å². The van der Waals surface area contributed by atoms with Gasteiger partial charge in [-0.1, -0.05) is 60.7 Å². The Labute approximate surface area is 206 Å². The van der Waals surface area contributed by atoms with Gasteiger partial charge in [-0.25, -0.2) is 13.2 Å². The molecule has 3 aromatic carbocycles. The Morgan fingerprint density at radius 3 is 2.31 bits per heavy atom. The third-order valence-electron chi connectivity index (χ3n) is 6.33. The van der Waals surface area contributed by atoms with Crippen LogP contribution in [0.5, 0.6) is 0 Å². The quantitative estimate of drug-likeness (QED) is 0.362. The Bertz CT molecular complexity index is 1290. The SMILES string of the molecule is CCOC(=O)C(=O)C(Cc1ccccc1)NC1CCN(S(=O)(=O)c2ccc3ccccc3c2)CC1. The van der Waals surface area contributed by atoms with Crippen LogP contribution in [0.3, 0.4) is 0 Å². The number of piperidine rings is 1. The number of ketones is 1. The maximum atomic E-state index is 13.3. The fraction of sp³-hybridized carbons (Fsp3) is 0.333. The number of hydrogen-bond donors (Lipinski definition) is 1. The van der Waals surface area contributed by atoms with Gasteiger partial charge in [0.1, 0.15) is 0 Å². The Balaban J connectivity index is 1.43. The number of fused-ring (bicyclic) bond motifs is 1. The van der Waals surface area contributed by atoms with Gasteiger partial charge in [-0.05, 0) is 54.7 Å². The number of nitrogens with one attached hydrogen (secondary N) is 1. The van der Waals surface area contributed by atoms with E-state index in [-0.39, 0.29) is 17.5 Å². The van der Waals surface area contributed by atoms with Gasteiger partial charge in [0.15, 0.2) is 0 Å². The van der Waals surface area contributed by atoms with Crippen molar-refractivity contribution >= 4 is 32.5 Å². The molecule has 1 saturated heterocycles. The van der Waals surface area contributed by atoms with Crippen LogP contribution < -0.4 is 5.32 Å². The smallest absolute Gasteiger partial charge is 0.376 e. The zero-order chi connectivity index (χ0) is 24.8. The van der Waals surface area contributed by atoms with E-state index in [0.29, 0.717) is 32.4 Å². The van der Waals surface area contributed by atoms with Crippen LogP contribution in [0.15, 0.2) is 77.7 Å². The van der Waals surface area contributed by atoms with Crippen molar-refractivity contribution in [3.8, 4) is 0 Å². The summed E-state index contributed by atoms with van der Waals surface area (Å²) in [5.74, 6) is -1.46. The number of nitrogens with zero attached hydrogens (tertiary/aromatic N) is 1. The molecule has 1 heterocycles. The van der Waals surface area contributed by atoms with Crippen molar-refractivity contribution in [2.45, 2.75) is 43.2 Å². The zero-order valence-corrected chi connectivity index (χ0v) is 20.5. The zero-order valence-electron chi connectivity index (χ0n) is 19.7. The molecule has 1 unspecified atom stereocenters. The van der Waals surface area contributed by atoms with Crippen molar-refractivity contribution in [1.82, 2.24) is 9.62 Å². The molecule has 7 nitrogen and oxygen atoms in total. The molecule has 0 bridgehead atoms. The molecule has 1 N–H and O–H groups in total. The van der Waals surface area contributed by atoms with Gasteiger partial charge < -0.3 is 10.1 Å². The molecular formula is C27H30N2O5S. The lowest BCUT2D eigenvalue weighted by atomic mass is 9.99. The Hall–Kier alpha value is -3.07. The first-order valence-electron chi connectivity index (χ1n) is 11.9. The molecule has 0 aliphatic carbocycles. The lowest BCUT2D eigenvalue weighted by molar-refractivity contribution is -0.154. The molecule has 0 spiro atoms. The summed E-state index contributed by atoms with van der Waals surface area (Å²) in [6, 6.07) is 21.5. The van der Waals surface area contributed by atoms with E-state index in [9.17, 15) is 18.0 Å². The minimum Gasteiger partial charge on any atom is -0.460 e. The molecule has 0 radical (unpaired) electrons. The van der Waals surface area contributed by atoms with Crippen molar-refractivity contribution in [3.05, 3.63) is 78.4 Å². The van der Waals surface area contributed by atoms with Crippen LogP contribution in [0.2, 0.25) is 0 Å². The number of sulfonamides is 1. The van der Waals surface area contributed by atoms with E-state index >= 15 is 0 Å². The van der Waals surface area contributed by atoms with Gasteiger partial charge in [-0.2, -0.15) is 4.31 Å². The first-order chi connectivity index (χ1) is 16.9. The second kappa shape index (κ2) is 11.1. The highest BCUT2D eigenvalue weighted by atomic mass is 32.2. The number of Topliss-reactive ketones (excluding diaryl/α,β-unsaturated/α-hetero) is 1. The number of carbonyl (C=O) groups excluding carboxylic acids is 2. The third-order valence-corrected chi connectivity index (χ3v) is 8.22. The van der Waals surface area contributed by atoms with Crippen molar-refractivity contribution < 1.29 is 22.7 Å². The number of esters is 1. The summed E-state index contributed by atoms with van der Waals surface area (Å²) < 4.78 is 33.0. The molecule has 1 aliphatic rings. The summed E-state index contributed by atoms with van der Waals surface area (Å²) in [5, 5.41) is 5.18. The number of benzene rings is 3. The van der Waals surface area contributed by atoms with E-state index in [1.54, 1.807) is 19.1 Å². The molecule has 0 saturated carbocycles. The average molecular weight is 495 g/mol. The number of hydrogen-bond acceptors (Lipinski definition) is 6. The van der Waals surface area contributed by atoms with Gasteiger partial charge in [0.25, 0.3) is 5.78 Å². The molecule has 1 atom stereocenters.